The number of carbonyl (C=O) groups is 1. The lowest BCUT2D eigenvalue weighted by atomic mass is 9.96. The van der Waals surface area contributed by atoms with Crippen molar-refractivity contribution in [2.24, 2.45) is 5.92 Å². The third kappa shape index (κ3) is 7.72. The topological polar surface area (TPSA) is 89.7 Å². The maximum Gasteiger partial charge on any atom is 0.241 e. The highest BCUT2D eigenvalue weighted by atomic mass is 32.2. The van der Waals surface area contributed by atoms with Crippen molar-refractivity contribution in [1.29, 1.82) is 0 Å². The molecule has 1 aliphatic heterocycles. The third-order valence-corrected chi connectivity index (χ3v) is 7.66. The van der Waals surface area contributed by atoms with Gasteiger partial charge in [-0.25, -0.2) is 0 Å². The number of benzene rings is 2. The van der Waals surface area contributed by atoms with Crippen molar-refractivity contribution < 1.29 is 18.8 Å². The minimum Gasteiger partial charge on any atom is -0.493 e. The van der Waals surface area contributed by atoms with Crippen LogP contribution in [0, 0.1) is 12.8 Å². The van der Waals surface area contributed by atoms with E-state index in [2.05, 4.69) is 51.5 Å². The molecule has 1 aliphatic rings. The summed E-state index contributed by atoms with van der Waals surface area (Å²) in [6.45, 7) is 5.10. The molecule has 4 rings (SSSR count). The number of likely N-dealkylation sites (tertiary alicyclic amines) is 1. The van der Waals surface area contributed by atoms with Gasteiger partial charge in [-0.3, -0.25) is 9.69 Å². The molecular weight excluding hydrogens is 488 g/mol. The number of amides is 1. The summed E-state index contributed by atoms with van der Waals surface area (Å²) >= 11 is 1.92. The molecule has 0 unspecified atom stereocenters. The van der Waals surface area contributed by atoms with Crippen molar-refractivity contribution in [2.75, 3.05) is 39.6 Å². The molecule has 1 saturated heterocycles. The van der Waals surface area contributed by atoms with Gasteiger partial charge in [-0.1, -0.05) is 35.0 Å². The summed E-state index contributed by atoms with van der Waals surface area (Å²) < 4.78 is 16.1. The average molecular weight is 525 g/mol. The van der Waals surface area contributed by atoms with Crippen LogP contribution >= 0.6 is 11.8 Å². The van der Waals surface area contributed by atoms with E-state index in [-0.39, 0.29) is 11.8 Å². The molecule has 0 saturated carbocycles. The number of thioether (sulfide) groups is 1. The number of aryl methyl sites for hydroxylation is 1. The maximum absolute atomic E-state index is 12.6. The number of rotatable bonds is 12. The lowest BCUT2D eigenvalue weighted by molar-refractivity contribution is -0.126. The maximum atomic E-state index is 12.6. The van der Waals surface area contributed by atoms with Crippen LogP contribution in [0.4, 0.5) is 0 Å². The number of piperidine rings is 1. The van der Waals surface area contributed by atoms with Crippen LogP contribution in [0.15, 0.2) is 47.0 Å². The van der Waals surface area contributed by atoms with Gasteiger partial charge < -0.3 is 19.3 Å². The Labute approximate surface area is 223 Å². The fraction of sp³-hybridized carbons (Fsp3) is 0.464. The quantitative estimate of drug-likeness (QED) is 0.341. The van der Waals surface area contributed by atoms with Crippen molar-refractivity contribution >= 4 is 17.7 Å². The molecule has 1 fully saturated rings. The highest BCUT2D eigenvalue weighted by Gasteiger charge is 2.26. The minimum absolute atomic E-state index is 0.0706. The van der Waals surface area contributed by atoms with Gasteiger partial charge in [0.1, 0.15) is 0 Å². The molecule has 9 heteroatoms. The van der Waals surface area contributed by atoms with Gasteiger partial charge in [0.25, 0.3) is 0 Å². The Balaban J connectivity index is 1.14. The monoisotopic (exact) mass is 524 g/mol. The second-order valence-electron chi connectivity index (χ2n) is 9.32. The first-order valence-corrected chi connectivity index (χ1v) is 13.9. The molecule has 1 N–H and O–H groups in total. The Morgan fingerprint density at radius 2 is 1.95 bits per heavy atom. The van der Waals surface area contributed by atoms with E-state index in [9.17, 15) is 4.79 Å². The zero-order valence-corrected chi connectivity index (χ0v) is 22.7. The highest BCUT2D eigenvalue weighted by Crippen LogP contribution is 2.31. The number of nitrogens with zero attached hydrogens (tertiary/aromatic N) is 3. The lowest BCUT2D eigenvalue weighted by Crippen LogP contribution is -2.40. The molecule has 2 aromatic carbocycles. The molecule has 0 atom stereocenters. The number of aromatic nitrogens is 2. The van der Waals surface area contributed by atoms with Crippen molar-refractivity contribution in [3.05, 3.63) is 59.5 Å². The van der Waals surface area contributed by atoms with E-state index >= 15 is 0 Å². The molecule has 0 spiro atoms. The van der Waals surface area contributed by atoms with Crippen LogP contribution < -0.4 is 14.8 Å². The van der Waals surface area contributed by atoms with Crippen molar-refractivity contribution in [3.63, 3.8) is 0 Å². The second kappa shape index (κ2) is 13.5. The number of ether oxygens (including phenoxy) is 2. The van der Waals surface area contributed by atoms with Crippen LogP contribution in [0.5, 0.6) is 11.5 Å². The summed E-state index contributed by atoms with van der Waals surface area (Å²) in [4.78, 5) is 19.4. The number of nitrogens with one attached hydrogen (secondary N) is 1. The first-order chi connectivity index (χ1) is 18.1. The van der Waals surface area contributed by atoms with E-state index in [1.807, 2.05) is 30.0 Å². The first-order valence-electron chi connectivity index (χ1n) is 12.7. The van der Waals surface area contributed by atoms with Gasteiger partial charge >= 0.3 is 0 Å². The van der Waals surface area contributed by atoms with E-state index in [0.717, 1.165) is 56.0 Å². The molecule has 1 amide bonds. The Morgan fingerprint density at radius 1 is 1.14 bits per heavy atom. The van der Waals surface area contributed by atoms with Crippen molar-refractivity contribution in [3.8, 4) is 22.9 Å². The SMILES string of the molecule is COc1ccc(-c2noc(CN3CCC(C(=O)NCCCSCc4cccc(C)c4)CC3)n2)cc1OC. The minimum atomic E-state index is 0.0706. The van der Waals surface area contributed by atoms with Gasteiger partial charge in [0, 0.05) is 23.8 Å². The fourth-order valence-corrected chi connectivity index (χ4v) is 5.39. The fourth-order valence-electron chi connectivity index (χ4n) is 4.48. The predicted molar refractivity (Wildman–Crippen MR) is 146 cm³/mol. The Hall–Kier alpha value is -3.04. The Morgan fingerprint density at radius 3 is 2.70 bits per heavy atom. The predicted octanol–water partition coefficient (Wildman–Crippen LogP) is 4.71. The van der Waals surface area contributed by atoms with Crippen LogP contribution in [0.3, 0.4) is 0 Å². The van der Waals surface area contributed by atoms with Gasteiger partial charge in [0.05, 0.1) is 20.8 Å². The van der Waals surface area contributed by atoms with Gasteiger partial charge in [0.2, 0.25) is 17.6 Å². The molecule has 3 aromatic rings. The standard InChI is InChI=1S/C28H36N4O4S/c1-20-6-4-7-21(16-20)19-37-15-5-12-29-28(33)22-10-13-32(14-11-22)18-26-30-27(31-36-26)23-8-9-24(34-2)25(17-23)35-3/h4,6-9,16-17,22H,5,10-15,18-19H2,1-3H3,(H,29,33). The molecule has 1 aromatic heterocycles. The largest absolute Gasteiger partial charge is 0.493 e. The molecule has 0 radical (unpaired) electrons. The molecule has 198 valence electrons. The smallest absolute Gasteiger partial charge is 0.241 e. The molecule has 8 nitrogen and oxygen atoms in total. The van der Waals surface area contributed by atoms with Gasteiger partial charge in [-0.05, 0) is 68.8 Å². The summed E-state index contributed by atoms with van der Waals surface area (Å²) in [6, 6.07) is 14.2. The van der Waals surface area contributed by atoms with Crippen LogP contribution in [0.1, 0.15) is 36.3 Å². The number of carbonyl (C=O) groups excluding carboxylic acids is 1. The van der Waals surface area contributed by atoms with E-state index < -0.39 is 0 Å². The lowest BCUT2D eigenvalue weighted by Gasteiger charge is -2.30. The summed E-state index contributed by atoms with van der Waals surface area (Å²) in [5, 5.41) is 7.26. The summed E-state index contributed by atoms with van der Waals surface area (Å²) in [7, 11) is 3.20. The number of hydrogen-bond acceptors (Lipinski definition) is 8. The zero-order valence-electron chi connectivity index (χ0n) is 21.9. The first kappa shape index (κ1) is 27.0. The summed E-state index contributed by atoms with van der Waals surface area (Å²) in [6.07, 6.45) is 2.66. The molecule has 2 heterocycles. The Bertz CT molecular complexity index is 1160. The van der Waals surface area contributed by atoms with E-state index in [1.165, 1.54) is 11.1 Å². The van der Waals surface area contributed by atoms with Crippen LogP contribution in [-0.2, 0) is 17.1 Å². The molecule has 37 heavy (non-hydrogen) atoms. The number of methoxy groups -OCH3 is 2. The second-order valence-corrected chi connectivity index (χ2v) is 10.4. The average Bonchev–Trinajstić information content (AvgIpc) is 3.39. The zero-order chi connectivity index (χ0) is 26.0. The van der Waals surface area contributed by atoms with Gasteiger partial charge in [0.15, 0.2) is 11.5 Å². The van der Waals surface area contributed by atoms with Crippen LogP contribution in [0.2, 0.25) is 0 Å². The summed E-state index contributed by atoms with van der Waals surface area (Å²) in [5.74, 6) is 4.66. The number of hydrogen-bond donors (Lipinski definition) is 1. The van der Waals surface area contributed by atoms with E-state index in [1.54, 1.807) is 14.2 Å². The normalized spacial score (nSPS) is 14.5. The molecular formula is C28H36N4O4S. The van der Waals surface area contributed by atoms with Crippen LogP contribution in [0.25, 0.3) is 11.4 Å². The van der Waals surface area contributed by atoms with Crippen LogP contribution in [-0.4, -0.2) is 60.6 Å². The van der Waals surface area contributed by atoms with E-state index in [4.69, 9.17) is 14.0 Å². The van der Waals surface area contributed by atoms with Crippen molar-refractivity contribution in [1.82, 2.24) is 20.4 Å². The highest BCUT2D eigenvalue weighted by molar-refractivity contribution is 7.98. The third-order valence-electron chi connectivity index (χ3n) is 6.54. The Kier molecular flexibility index (Phi) is 9.85. The van der Waals surface area contributed by atoms with Crippen molar-refractivity contribution in [2.45, 2.75) is 38.5 Å². The molecule has 0 aliphatic carbocycles. The van der Waals surface area contributed by atoms with E-state index in [0.29, 0.717) is 29.8 Å². The summed E-state index contributed by atoms with van der Waals surface area (Å²) in [5.41, 5.74) is 3.46. The van der Waals surface area contributed by atoms with Gasteiger partial charge in [-0.2, -0.15) is 16.7 Å². The van der Waals surface area contributed by atoms with Gasteiger partial charge in [-0.15, -0.1) is 0 Å². The molecule has 0 bridgehead atoms.